The van der Waals surface area contributed by atoms with E-state index in [0.29, 0.717) is 31.3 Å². The molecule has 1 aromatic heterocycles. The number of rotatable bonds is 7. The van der Waals surface area contributed by atoms with E-state index in [9.17, 15) is 9.59 Å². The van der Waals surface area contributed by atoms with E-state index in [2.05, 4.69) is 17.1 Å². The molecule has 150 valence electrons. The van der Waals surface area contributed by atoms with E-state index in [4.69, 9.17) is 4.52 Å². The maximum absolute atomic E-state index is 13.2. The van der Waals surface area contributed by atoms with E-state index >= 15 is 0 Å². The minimum atomic E-state index is -0.332. The number of carbonyl (C=O) groups is 2. The molecule has 7 nitrogen and oxygen atoms in total. The fourth-order valence-electron chi connectivity index (χ4n) is 4.27. The van der Waals surface area contributed by atoms with Gasteiger partial charge < -0.3 is 14.3 Å². The van der Waals surface area contributed by atoms with Crippen molar-refractivity contribution in [2.75, 3.05) is 13.1 Å². The molecule has 0 bridgehead atoms. The van der Waals surface area contributed by atoms with Crippen molar-refractivity contribution in [2.45, 2.75) is 84.2 Å². The van der Waals surface area contributed by atoms with Crippen LogP contribution >= 0.6 is 0 Å². The van der Waals surface area contributed by atoms with Crippen molar-refractivity contribution in [3.05, 3.63) is 11.7 Å². The van der Waals surface area contributed by atoms with Gasteiger partial charge in [-0.2, -0.15) is 4.98 Å². The summed E-state index contributed by atoms with van der Waals surface area (Å²) in [5, 5.41) is 4.00. The molecule has 0 N–H and O–H groups in total. The first kappa shape index (κ1) is 19.8. The highest BCUT2D eigenvalue weighted by Crippen LogP contribution is 2.29. The third-order valence-corrected chi connectivity index (χ3v) is 5.78. The summed E-state index contributed by atoms with van der Waals surface area (Å²) in [6.07, 6.45) is 8.76. The first-order valence-electron chi connectivity index (χ1n) is 10.5. The third-order valence-electron chi connectivity index (χ3n) is 5.78. The lowest BCUT2D eigenvalue weighted by Crippen LogP contribution is -2.49. The highest BCUT2D eigenvalue weighted by Gasteiger charge is 2.39. The van der Waals surface area contributed by atoms with Crippen LogP contribution in [0.4, 0.5) is 0 Å². The number of carbonyl (C=O) groups excluding carboxylic acids is 2. The number of hydrogen-bond acceptors (Lipinski definition) is 5. The van der Waals surface area contributed by atoms with E-state index in [0.717, 1.165) is 51.4 Å². The molecule has 1 aliphatic carbocycles. The molecule has 1 atom stereocenters. The Labute approximate surface area is 161 Å². The van der Waals surface area contributed by atoms with Gasteiger partial charge in [0.25, 0.3) is 0 Å². The van der Waals surface area contributed by atoms with Gasteiger partial charge in [0.05, 0.1) is 6.54 Å². The predicted molar refractivity (Wildman–Crippen MR) is 101 cm³/mol. The standard InChI is InChI=1S/C20H32N4O3/c1-3-9-18-21-17(22-27-18)14-23(4-2)20(26)16-12-8-13-24(16)19(25)15-10-6-5-7-11-15/h15-16H,3-14H2,1-2H3. The van der Waals surface area contributed by atoms with E-state index < -0.39 is 0 Å². The monoisotopic (exact) mass is 376 g/mol. The lowest BCUT2D eigenvalue weighted by atomic mass is 9.88. The lowest BCUT2D eigenvalue weighted by Gasteiger charge is -2.32. The summed E-state index contributed by atoms with van der Waals surface area (Å²) in [4.78, 5) is 34.1. The van der Waals surface area contributed by atoms with Gasteiger partial charge in [0, 0.05) is 25.4 Å². The quantitative estimate of drug-likeness (QED) is 0.731. The van der Waals surface area contributed by atoms with Crippen LogP contribution in [0.25, 0.3) is 0 Å². The molecule has 0 radical (unpaired) electrons. The molecule has 0 spiro atoms. The molecule has 1 saturated carbocycles. The second-order valence-electron chi connectivity index (χ2n) is 7.73. The number of nitrogens with zero attached hydrogens (tertiary/aromatic N) is 4. The Morgan fingerprint density at radius 2 is 1.93 bits per heavy atom. The summed E-state index contributed by atoms with van der Waals surface area (Å²) in [5.74, 6) is 1.46. The summed E-state index contributed by atoms with van der Waals surface area (Å²) < 4.78 is 5.23. The number of aromatic nitrogens is 2. The molecule has 1 aliphatic heterocycles. The van der Waals surface area contributed by atoms with Crippen molar-refractivity contribution in [1.82, 2.24) is 19.9 Å². The molecule has 1 aromatic rings. The summed E-state index contributed by atoms with van der Waals surface area (Å²) >= 11 is 0. The Morgan fingerprint density at radius 1 is 1.15 bits per heavy atom. The van der Waals surface area contributed by atoms with Gasteiger partial charge in [-0.25, -0.2) is 0 Å². The van der Waals surface area contributed by atoms with Crippen LogP contribution in [0.15, 0.2) is 4.52 Å². The molecule has 27 heavy (non-hydrogen) atoms. The number of amides is 2. The van der Waals surface area contributed by atoms with Gasteiger partial charge in [-0.15, -0.1) is 0 Å². The highest BCUT2D eigenvalue weighted by molar-refractivity contribution is 5.89. The van der Waals surface area contributed by atoms with E-state index in [1.54, 1.807) is 4.90 Å². The van der Waals surface area contributed by atoms with E-state index in [-0.39, 0.29) is 23.8 Å². The topological polar surface area (TPSA) is 79.5 Å². The van der Waals surface area contributed by atoms with E-state index in [1.165, 1.54) is 6.42 Å². The molecule has 3 rings (SSSR count). The van der Waals surface area contributed by atoms with Crippen molar-refractivity contribution in [3.63, 3.8) is 0 Å². The molecule has 7 heteroatoms. The van der Waals surface area contributed by atoms with Crippen LogP contribution in [0.3, 0.4) is 0 Å². The van der Waals surface area contributed by atoms with Crippen molar-refractivity contribution < 1.29 is 14.1 Å². The SMILES string of the molecule is CCCc1nc(CN(CC)C(=O)C2CCCN2C(=O)C2CCCCC2)no1. The van der Waals surface area contributed by atoms with Crippen molar-refractivity contribution in [2.24, 2.45) is 5.92 Å². The van der Waals surface area contributed by atoms with Gasteiger partial charge >= 0.3 is 0 Å². The normalized spacial score (nSPS) is 20.8. The molecule has 2 aliphatic rings. The Balaban J connectivity index is 1.64. The van der Waals surface area contributed by atoms with Gasteiger partial charge in [0.15, 0.2) is 5.82 Å². The first-order valence-corrected chi connectivity index (χ1v) is 10.5. The van der Waals surface area contributed by atoms with Crippen LogP contribution in [0.5, 0.6) is 0 Å². The molecule has 1 unspecified atom stereocenters. The minimum absolute atomic E-state index is 0.0148. The minimum Gasteiger partial charge on any atom is -0.339 e. The van der Waals surface area contributed by atoms with Crippen LogP contribution in [0.1, 0.15) is 76.9 Å². The van der Waals surface area contributed by atoms with Crippen molar-refractivity contribution in [1.29, 1.82) is 0 Å². The average Bonchev–Trinajstić information content (AvgIpc) is 3.35. The van der Waals surface area contributed by atoms with Crippen LogP contribution in [-0.4, -0.2) is 50.9 Å². The fourth-order valence-corrected chi connectivity index (χ4v) is 4.27. The number of hydrogen-bond donors (Lipinski definition) is 0. The zero-order valence-electron chi connectivity index (χ0n) is 16.7. The van der Waals surface area contributed by atoms with Crippen LogP contribution < -0.4 is 0 Å². The zero-order chi connectivity index (χ0) is 19.2. The molecule has 2 heterocycles. The number of likely N-dealkylation sites (tertiary alicyclic amines) is 1. The van der Waals surface area contributed by atoms with Crippen LogP contribution in [0, 0.1) is 5.92 Å². The summed E-state index contributed by atoms with van der Waals surface area (Å²) in [5.41, 5.74) is 0. The Hall–Kier alpha value is -1.92. The Kier molecular flexibility index (Phi) is 6.85. The van der Waals surface area contributed by atoms with Gasteiger partial charge in [-0.05, 0) is 39.0 Å². The zero-order valence-corrected chi connectivity index (χ0v) is 16.7. The summed E-state index contributed by atoms with van der Waals surface area (Å²) in [6, 6.07) is -0.332. The largest absolute Gasteiger partial charge is 0.339 e. The van der Waals surface area contributed by atoms with Gasteiger partial charge in [-0.1, -0.05) is 31.3 Å². The molecule has 0 aromatic carbocycles. The van der Waals surface area contributed by atoms with Gasteiger partial charge in [0.2, 0.25) is 17.7 Å². The third kappa shape index (κ3) is 4.68. The molecular weight excluding hydrogens is 344 g/mol. The smallest absolute Gasteiger partial charge is 0.245 e. The summed E-state index contributed by atoms with van der Waals surface area (Å²) in [7, 11) is 0. The molecular formula is C20H32N4O3. The predicted octanol–water partition coefficient (Wildman–Crippen LogP) is 2.94. The molecule has 1 saturated heterocycles. The van der Waals surface area contributed by atoms with Gasteiger partial charge in [0.1, 0.15) is 6.04 Å². The van der Waals surface area contributed by atoms with Crippen molar-refractivity contribution in [3.8, 4) is 0 Å². The average molecular weight is 377 g/mol. The second kappa shape index (κ2) is 9.33. The molecule has 2 amide bonds. The van der Waals surface area contributed by atoms with E-state index in [1.807, 2.05) is 11.8 Å². The van der Waals surface area contributed by atoms with Crippen LogP contribution in [-0.2, 0) is 22.6 Å². The molecule has 2 fully saturated rings. The van der Waals surface area contributed by atoms with Gasteiger partial charge in [-0.3, -0.25) is 9.59 Å². The lowest BCUT2D eigenvalue weighted by molar-refractivity contribution is -0.146. The maximum atomic E-state index is 13.2. The Morgan fingerprint density at radius 3 is 2.63 bits per heavy atom. The highest BCUT2D eigenvalue weighted by atomic mass is 16.5. The Bertz CT molecular complexity index is 639. The number of aryl methyl sites for hydroxylation is 1. The summed E-state index contributed by atoms with van der Waals surface area (Å²) in [6.45, 7) is 5.62. The van der Waals surface area contributed by atoms with Crippen LogP contribution in [0.2, 0.25) is 0 Å². The fraction of sp³-hybridized carbons (Fsp3) is 0.800. The second-order valence-corrected chi connectivity index (χ2v) is 7.73. The number of likely N-dealkylation sites (N-methyl/N-ethyl adjacent to an activating group) is 1. The maximum Gasteiger partial charge on any atom is 0.245 e. The first-order chi connectivity index (χ1) is 13.1. The van der Waals surface area contributed by atoms with Crippen molar-refractivity contribution >= 4 is 11.8 Å².